The lowest BCUT2D eigenvalue weighted by Gasteiger charge is -2.24. The van der Waals surface area contributed by atoms with Crippen LogP contribution in [0.3, 0.4) is 0 Å². The Labute approximate surface area is 220 Å². The van der Waals surface area contributed by atoms with Crippen LogP contribution < -0.4 is 16.4 Å². The highest BCUT2D eigenvalue weighted by atomic mass is 35.5. The van der Waals surface area contributed by atoms with Gasteiger partial charge < -0.3 is 26.2 Å². The maximum Gasteiger partial charge on any atom is 0.322 e. The molecule has 0 saturated heterocycles. The smallest absolute Gasteiger partial charge is 0.322 e. The molecule has 1 unspecified atom stereocenters. The van der Waals surface area contributed by atoms with Crippen molar-refractivity contribution < 1.29 is 19.4 Å². The summed E-state index contributed by atoms with van der Waals surface area (Å²) in [6.45, 7) is 12.7. The van der Waals surface area contributed by atoms with Gasteiger partial charge in [0, 0.05) is 10.6 Å². The van der Waals surface area contributed by atoms with Crippen LogP contribution >= 0.6 is 11.6 Å². The van der Waals surface area contributed by atoms with Gasteiger partial charge in [0.2, 0.25) is 11.8 Å². The lowest BCUT2D eigenvalue weighted by atomic mass is 9.84. The number of rotatable bonds is 9. The summed E-state index contributed by atoms with van der Waals surface area (Å²) in [7, 11) is 0. The molecule has 37 heavy (non-hydrogen) atoms. The zero-order chi connectivity index (χ0) is 27.7. The SMILES string of the molecule is C=C(NCC(=O)O)OC(=N)C1(C)C(=O)Nc2nc(C(=C(C)CC)c3ccc(Cl)cc3C(C)C)nc(N)c21. The first-order chi connectivity index (χ1) is 17.3. The van der Waals surface area contributed by atoms with E-state index in [1.165, 1.54) is 6.92 Å². The van der Waals surface area contributed by atoms with Gasteiger partial charge in [-0.15, -0.1) is 0 Å². The molecule has 1 atom stereocenters. The molecular formula is C26H31ClN6O4. The number of benzene rings is 1. The third-order valence-electron chi connectivity index (χ3n) is 6.32. The van der Waals surface area contributed by atoms with E-state index in [1.54, 1.807) is 0 Å². The summed E-state index contributed by atoms with van der Waals surface area (Å²) in [6.07, 6.45) is 0.726. The van der Waals surface area contributed by atoms with E-state index in [9.17, 15) is 9.59 Å². The molecule has 1 aromatic carbocycles. The number of nitrogens with two attached hydrogens (primary N) is 1. The second-order valence-corrected chi connectivity index (χ2v) is 9.67. The minimum atomic E-state index is -1.65. The number of nitrogens with zero attached hydrogens (tertiary/aromatic N) is 2. The van der Waals surface area contributed by atoms with Crippen molar-refractivity contribution in [3.63, 3.8) is 0 Å². The normalized spacial score (nSPS) is 17.1. The lowest BCUT2D eigenvalue weighted by Crippen LogP contribution is -2.42. The second kappa shape index (κ2) is 10.6. The van der Waals surface area contributed by atoms with Crippen molar-refractivity contribution in [1.29, 1.82) is 5.41 Å². The predicted octanol–water partition coefficient (Wildman–Crippen LogP) is 4.42. The number of allylic oxidation sites excluding steroid dienone is 1. The molecule has 0 bridgehead atoms. The average Bonchev–Trinajstić information content (AvgIpc) is 3.09. The van der Waals surface area contributed by atoms with Gasteiger partial charge in [0.15, 0.2) is 17.1 Å². The van der Waals surface area contributed by atoms with E-state index < -0.39 is 29.7 Å². The molecule has 1 aliphatic heterocycles. The fourth-order valence-corrected chi connectivity index (χ4v) is 4.31. The largest absolute Gasteiger partial charge is 0.480 e. The molecule has 1 aromatic heterocycles. The van der Waals surface area contributed by atoms with Crippen LogP contribution in [0, 0.1) is 5.41 Å². The number of carbonyl (C=O) groups excluding carboxylic acids is 1. The van der Waals surface area contributed by atoms with Crippen molar-refractivity contribution in [3.05, 3.63) is 63.8 Å². The van der Waals surface area contributed by atoms with Crippen LogP contribution in [0.25, 0.3) is 5.57 Å². The van der Waals surface area contributed by atoms with E-state index in [2.05, 4.69) is 41.0 Å². The number of aromatic nitrogens is 2. The van der Waals surface area contributed by atoms with Gasteiger partial charge in [-0.05, 0) is 56.0 Å². The molecule has 0 saturated carbocycles. The van der Waals surface area contributed by atoms with Gasteiger partial charge in [-0.2, -0.15) is 0 Å². The highest BCUT2D eigenvalue weighted by molar-refractivity contribution is 6.30. The fraction of sp³-hybridized carbons (Fsp3) is 0.346. The van der Waals surface area contributed by atoms with Gasteiger partial charge >= 0.3 is 5.97 Å². The number of halogens is 1. The summed E-state index contributed by atoms with van der Waals surface area (Å²) in [5.74, 6) is -1.72. The van der Waals surface area contributed by atoms with Crippen molar-refractivity contribution >= 4 is 46.6 Å². The number of nitrogen functional groups attached to an aromatic ring is 1. The molecular weight excluding hydrogens is 496 g/mol. The Kier molecular flexibility index (Phi) is 7.92. The lowest BCUT2D eigenvalue weighted by molar-refractivity contribution is -0.136. The van der Waals surface area contributed by atoms with E-state index in [0.29, 0.717) is 10.8 Å². The monoisotopic (exact) mass is 526 g/mol. The maximum atomic E-state index is 13.1. The Balaban J connectivity index is 2.11. The van der Waals surface area contributed by atoms with Gasteiger partial charge in [0.25, 0.3) is 0 Å². The van der Waals surface area contributed by atoms with Gasteiger partial charge in [0.05, 0.1) is 5.56 Å². The number of anilines is 2. The molecule has 10 nitrogen and oxygen atoms in total. The number of ether oxygens (including phenoxy) is 1. The maximum absolute atomic E-state index is 13.1. The molecule has 0 radical (unpaired) electrons. The molecule has 3 rings (SSSR count). The summed E-state index contributed by atoms with van der Waals surface area (Å²) in [5, 5.41) is 23.0. The van der Waals surface area contributed by atoms with Crippen molar-refractivity contribution in [2.75, 3.05) is 17.6 Å². The summed E-state index contributed by atoms with van der Waals surface area (Å²) in [4.78, 5) is 33.1. The first kappa shape index (κ1) is 27.7. The number of carboxylic acids is 1. The average molecular weight is 527 g/mol. The third-order valence-corrected chi connectivity index (χ3v) is 6.56. The molecule has 2 aromatic rings. The topological polar surface area (TPSA) is 163 Å². The minimum absolute atomic E-state index is 0.0137. The fourth-order valence-electron chi connectivity index (χ4n) is 4.13. The summed E-state index contributed by atoms with van der Waals surface area (Å²) in [6, 6.07) is 5.66. The Bertz CT molecular complexity index is 1340. The molecule has 2 heterocycles. The number of aliphatic carboxylic acids is 1. The second-order valence-electron chi connectivity index (χ2n) is 9.23. The van der Waals surface area contributed by atoms with Crippen molar-refractivity contribution in [3.8, 4) is 0 Å². The van der Waals surface area contributed by atoms with Crippen molar-refractivity contribution in [2.24, 2.45) is 0 Å². The van der Waals surface area contributed by atoms with Crippen molar-refractivity contribution in [2.45, 2.75) is 52.4 Å². The Morgan fingerprint density at radius 1 is 1.38 bits per heavy atom. The standard InChI is InChI=1S/C26H31ClN6O4/c1-7-13(4)19(16-9-8-15(27)10-17(16)12(2)3)22-31-21(28)20-23(32-22)33-25(36)26(20,6)24(29)37-14(5)30-11-18(34)35/h8-10,12,29-30H,5,7,11H2,1-4,6H3,(H,34,35)(H3,28,31,32,33,36). The number of hydrogen-bond acceptors (Lipinski definition) is 8. The quantitative estimate of drug-likeness (QED) is 0.182. The van der Waals surface area contributed by atoms with Crippen LogP contribution in [0.1, 0.15) is 69.5 Å². The third kappa shape index (κ3) is 5.29. The van der Waals surface area contributed by atoms with Crippen molar-refractivity contribution in [1.82, 2.24) is 15.3 Å². The number of nitrogens with one attached hydrogen (secondary N) is 3. The van der Waals surface area contributed by atoms with Gasteiger partial charge in [-0.3, -0.25) is 15.0 Å². The first-order valence-electron chi connectivity index (χ1n) is 11.7. The molecule has 1 aliphatic rings. The van der Waals surface area contributed by atoms with E-state index >= 15 is 0 Å². The number of hydrogen-bond donors (Lipinski definition) is 5. The molecule has 1 amide bonds. The first-order valence-corrected chi connectivity index (χ1v) is 12.1. The van der Waals surface area contributed by atoms with Crippen LogP contribution in [-0.2, 0) is 19.7 Å². The number of carboxylic acid groups (broad SMARTS) is 1. The van der Waals surface area contributed by atoms with Gasteiger partial charge in [-0.1, -0.05) is 44.0 Å². The molecule has 6 N–H and O–H groups in total. The minimum Gasteiger partial charge on any atom is -0.480 e. The highest BCUT2D eigenvalue weighted by Crippen LogP contribution is 2.43. The summed E-state index contributed by atoms with van der Waals surface area (Å²) < 4.78 is 5.35. The molecule has 196 valence electrons. The number of fused-ring (bicyclic) bond motifs is 1. The van der Waals surface area contributed by atoms with Crippen LogP contribution in [-0.4, -0.2) is 39.4 Å². The molecule has 0 aliphatic carbocycles. The zero-order valence-electron chi connectivity index (χ0n) is 21.5. The Morgan fingerprint density at radius 2 is 2.05 bits per heavy atom. The molecule has 0 spiro atoms. The highest BCUT2D eigenvalue weighted by Gasteiger charge is 2.51. The van der Waals surface area contributed by atoms with Crippen LogP contribution in [0.5, 0.6) is 0 Å². The molecule has 11 heteroatoms. The van der Waals surface area contributed by atoms with Crippen LogP contribution in [0.15, 0.2) is 36.2 Å². The Morgan fingerprint density at radius 3 is 2.65 bits per heavy atom. The summed E-state index contributed by atoms with van der Waals surface area (Å²) >= 11 is 6.29. The number of amides is 1. The van der Waals surface area contributed by atoms with E-state index in [4.69, 9.17) is 32.6 Å². The molecule has 0 fully saturated rings. The predicted molar refractivity (Wildman–Crippen MR) is 144 cm³/mol. The van der Waals surface area contributed by atoms with Gasteiger partial charge in [-0.25, -0.2) is 9.97 Å². The van der Waals surface area contributed by atoms with E-state index in [1.807, 2.05) is 32.0 Å². The van der Waals surface area contributed by atoms with E-state index in [-0.39, 0.29) is 29.0 Å². The van der Waals surface area contributed by atoms with E-state index in [0.717, 1.165) is 28.7 Å². The zero-order valence-corrected chi connectivity index (χ0v) is 22.2. The summed E-state index contributed by atoms with van der Waals surface area (Å²) in [5.41, 5.74) is 8.70. The van der Waals surface area contributed by atoms with Crippen LogP contribution in [0.4, 0.5) is 11.6 Å². The Hall–Kier alpha value is -3.92. The van der Waals surface area contributed by atoms with Crippen LogP contribution in [0.2, 0.25) is 5.02 Å². The number of carbonyl (C=O) groups is 2. The van der Waals surface area contributed by atoms with Gasteiger partial charge in [0.1, 0.15) is 18.2 Å².